The van der Waals surface area contributed by atoms with Crippen LogP contribution in [0.1, 0.15) is 36.9 Å². The Morgan fingerprint density at radius 2 is 1.87 bits per heavy atom. The number of carbonyl (C=O) groups excluding carboxylic acids is 2. The number of nitrogens with zero attached hydrogens (tertiary/aromatic N) is 3. The van der Waals surface area contributed by atoms with E-state index in [-0.39, 0.29) is 30.3 Å². The van der Waals surface area contributed by atoms with Crippen molar-refractivity contribution in [2.75, 3.05) is 27.2 Å². The number of nitrogens with one attached hydrogen (secondary N) is 1. The van der Waals surface area contributed by atoms with Crippen LogP contribution in [0, 0.1) is 5.82 Å². The molecule has 0 aliphatic carbocycles. The number of methoxy groups -OCH3 is 1. The fourth-order valence-corrected chi connectivity index (χ4v) is 3.36. The van der Waals surface area contributed by atoms with Crippen molar-refractivity contribution in [3.63, 3.8) is 0 Å². The average molecular weight is 426 g/mol. The number of benzene rings is 2. The molecular weight excluding hydrogens is 399 g/mol. The van der Waals surface area contributed by atoms with Gasteiger partial charge in [0, 0.05) is 20.0 Å². The van der Waals surface area contributed by atoms with Crippen LogP contribution in [-0.2, 0) is 4.79 Å². The lowest BCUT2D eigenvalue weighted by Gasteiger charge is -2.25. The molecule has 0 aromatic heterocycles. The molecular formula is C23H27FN4O3. The predicted molar refractivity (Wildman–Crippen MR) is 116 cm³/mol. The standard InChI is InChI=1S/C23H27FN4O3/c1-4-13-25-23(30)27(2)15-22(29)28-21(17-7-11-19(31-3)12-8-17)14-20(26-28)16-5-9-18(24)10-6-16/h5-12,21H,4,13-15H2,1-3H3,(H,25,30)/t21-/m1/s1. The number of urea groups is 1. The zero-order chi connectivity index (χ0) is 22.4. The molecule has 0 saturated carbocycles. The fraction of sp³-hybridized carbons (Fsp3) is 0.348. The number of carbonyl (C=O) groups is 2. The summed E-state index contributed by atoms with van der Waals surface area (Å²) in [4.78, 5) is 26.6. The lowest BCUT2D eigenvalue weighted by atomic mass is 9.98. The average Bonchev–Trinajstić information content (AvgIpc) is 3.23. The fourth-order valence-electron chi connectivity index (χ4n) is 3.36. The molecule has 1 heterocycles. The zero-order valence-electron chi connectivity index (χ0n) is 18.0. The molecule has 0 radical (unpaired) electrons. The molecule has 164 valence electrons. The molecule has 0 fully saturated rings. The topological polar surface area (TPSA) is 74.2 Å². The van der Waals surface area contributed by atoms with E-state index >= 15 is 0 Å². The Morgan fingerprint density at radius 1 is 1.19 bits per heavy atom. The molecule has 1 N–H and O–H groups in total. The molecule has 7 nitrogen and oxygen atoms in total. The molecule has 3 rings (SSSR count). The number of amides is 3. The number of halogens is 1. The largest absolute Gasteiger partial charge is 0.497 e. The number of hydrazone groups is 1. The molecule has 0 saturated heterocycles. The normalized spacial score (nSPS) is 15.4. The highest BCUT2D eigenvalue weighted by Gasteiger charge is 2.34. The molecule has 1 aliphatic heterocycles. The van der Waals surface area contributed by atoms with Gasteiger partial charge >= 0.3 is 6.03 Å². The number of hydrogen-bond acceptors (Lipinski definition) is 4. The first-order chi connectivity index (χ1) is 14.9. The molecule has 2 aromatic rings. The summed E-state index contributed by atoms with van der Waals surface area (Å²) in [6, 6.07) is 12.9. The minimum Gasteiger partial charge on any atom is -0.497 e. The van der Waals surface area contributed by atoms with Crippen LogP contribution in [0.5, 0.6) is 5.75 Å². The van der Waals surface area contributed by atoms with Gasteiger partial charge in [-0.1, -0.05) is 31.2 Å². The summed E-state index contributed by atoms with van der Waals surface area (Å²) >= 11 is 0. The van der Waals surface area contributed by atoms with Crippen molar-refractivity contribution in [1.82, 2.24) is 15.2 Å². The smallest absolute Gasteiger partial charge is 0.317 e. The van der Waals surface area contributed by atoms with Gasteiger partial charge in [-0.15, -0.1) is 0 Å². The second kappa shape index (κ2) is 10.1. The first kappa shape index (κ1) is 22.3. The van der Waals surface area contributed by atoms with Crippen LogP contribution in [0.3, 0.4) is 0 Å². The third-order valence-corrected chi connectivity index (χ3v) is 5.09. The molecule has 1 aliphatic rings. The monoisotopic (exact) mass is 426 g/mol. The number of hydrogen-bond donors (Lipinski definition) is 1. The highest BCUT2D eigenvalue weighted by atomic mass is 19.1. The van der Waals surface area contributed by atoms with Gasteiger partial charge in [0.25, 0.3) is 5.91 Å². The lowest BCUT2D eigenvalue weighted by Crippen LogP contribution is -2.43. The summed E-state index contributed by atoms with van der Waals surface area (Å²) in [5, 5.41) is 8.73. The Kier molecular flexibility index (Phi) is 7.23. The van der Waals surface area contributed by atoms with E-state index < -0.39 is 0 Å². The summed E-state index contributed by atoms with van der Waals surface area (Å²) in [5.74, 6) is 0.0837. The van der Waals surface area contributed by atoms with Crippen molar-refractivity contribution in [2.45, 2.75) is 25.8 Å². The van der Waals surface area contributed by atoms with Gasteiger partial charge in [-0.2, -0.15) is 5.10 Å². The predicted octanol–water partition coefficient (Wildman–Crippen LogP) is 3.56. The van der Waals surface area contributed by atoms with Gasteiger partial charge in [0.2, 0.25) is 0 Å². The van der Waals surface area contributed by atoms with Crippen LogP contribution in [0.15, 0.2) is 53.6 Å². The van der Waals surface area contributed by atoms with Crippen LogP contribution >= 0.6 is 0 Å². The third kappa shape index (κ3) is 5.39. The maximum absolute atomic E-state index is 13.3. The van der Waals surface area contributed by atoms with Crippen molar-refractivity contribution < 1.29 is 18.7 Å². The summed E-state index contributed by atoms with van der Waals surface area (Å²) in [6.45, 7) is 2.39. The SMILES string of the molecule is CCCNC(=O)N(C)CC(=O)N1N=C(c2ccc(F)cc2)C[C@@H]1c1ccc(OC)cc1. The number of likely N-dealkylation sites (N-methyl/N-ethyl adjacent to an activating group) is 1. The lowest BCUT2D eigenvalue weighted by molar-refractivity contribution is -0.133. The second-order valence-corrected chi connectivity index (χ2v) is 7.37. The summed E-state index contributed by atoms with van der Waals surface area (Å²) < 4.78 is 18.6. The second-order valence-electron chi connectivity index (χ2n) is 7.37. The molecule has 8 heteroatoms. The number of ether oxygens (including phenoxy) is 1. The van der Waals surface area contributed by atoms with Gasteiger partial charge in [0.1, 0.15) is 18.1 Å². The van der Waals surface area contributed by atoms with Crippen molar-refractivity contribution >= 4 is 17.6 Å². The van der Waals surface area contributed by atoms with E-state index in [0.29, 0.717) is 24.4 Å². The van der Waals surface area contributed by atoms with Gasteiger partial charge in [0.05, 0.1) is 18.9 Å². The van der Waals surface area contributed by atoms with E-state index in [1.807, 2.05) is 31.2 Å². The first-order valence-electron chi connectivity index (χ1n) is 10.2. The van der Waals surface area contributed by atoms with Crippen molar-refractivity contribution in [1.29, 1.82) is 0 Å². The van der Waals surface area contributed by atoms with E-state index in [4.69, 9.17) is 4.74 Å². The van der Waals surface area contributed by atoms with Crippen LogP contribution in [0.2, 0.25) is 0 Å². The summed E-state index contributed by atoms with van der Waals surface area (Å²) in [6.07, 6.45) is 1.29. The van der Waals surface area contributed by atoms with Crippen molar-refractivity contribution in [3.05, 3.63) is 65.5 Å². The highest BCUT2D eigenvalue weighted by Crippen LogP contribution is 2.33. The van der Waals surface area contributed by atoms with E-state index in [0.717, 1.165) is 17.5 Å². The summed E-state index contributed by atoms with van der Waals surface area (Å²) in [7, 11) is 3.17. The first-order valence-corrected chi connectivity index (χ1v) is 10.2. The van der Waals surface area contributed by atoms with Gasteiger partial charge < -0.3 is 15.0 Å². The van der Waals surface area contributed by atoms with E-state index in [9.17, 15) is 14.0 Å². The van der Waals surface area contributed by atoms with Crippen LogP contribution in [0.4, 0.5) is 9.18 Å². The Labute approximate surface area is 181 Å². The Hall–Kier alpha value is -3.42. The van der Waals surface area contributed by atoms with Crippen molar-refractivity contribution in [3.8, 4) is 5.75 Å². The van der Waals surface area contributed by atoms with Gasteiger partial charge in [0.15, 0.2) is 0 Å². The van der Waals surface area contributed by atoms with Crippen molar-refractivity contribution in [2.24, 2.45) is 5.10 Å². The quantitative estimate of drug-likeness (QED) is 0.736. The maximum atomic E-state index is 13.3. The minimum absolute atomic E-state index is 0.109. The Bertz CT molecular complexity index is 944. The minimum atomic E-state index is -0.332. The molecule has 31 heavy (non-hydrogen) atoms. The van der Waals surface area contributed by atoms with Crippen LogP contribution in [0.25, 0.3) is 0 Å². The Balaban J connectivity index is 1.84. The molecule has 1 atom stereocenters. The van der Waals surface area contributed by atoms with Gasteiger partial charge in [-0.3, -0.25) is 4.79 Å². The summed E-state index contributed by atoms with van der Waals surface area (Å²) in [5.41, 5.74) is 2.34. The van der Waals surface area contributed by atoms with E-state index in [1.165, 1.54) is 22.0 Å². The van der Waals surface area contributed by atoms with E-state index in [2.05, 4.69) is 10.4 Å². The molecule has 0 spiro atoms. The zero-order valence-corrected chi connectivity index (χ0v) is 18.0. The molecule has 3 amide bonds. The maximum Gasteiger partial charge on any atom is 0.317 e. The Morgan fingerprint density at radius 3 is 2.48 bits per heavy atom. The van der Waals surface area contributed by atoms with Crippen LogP contribution < -0.4 is 10.1 Å². The molecule has 0 unspecified atom stereocenters. The highest BCUT2D eigenvalue weighted by molar-refractivity contribution is 6.03. The van der Waals surface area contributed by atoms with Gasteiger partial charge in [-0.05, 0) is 41.8 Å². The third-order valence-electron chi connectivity index (χ3n) is 5.09. The van der Waals surface area contributed by atoms with Gasteiger partial charge in [-0.25, -0.2) is 14.2 Å². The van der Waals surface area contributed by atoms with Crippen LogP contribution in [-0.4, -0.2) is 54.8 Å². The molecule has 0 bridgehead atoms. The molecule has 2 aromatic carbocycles. The van der Waals surface area contributed by atoms with E-state index in [1.54, 1.807) is 26.3 Å². The number of rotatable bonds is 7.